The molecule has 2 fully saturated rings. The topological polar surface area (TPSA) is 44.8 Å². The fourth-order valence-electron chi connectivity index (χ4n) is 1.84. The van der Waals surface area contributed by atoms with Gasteiger partial charge < -0.3 is 19.0 Å². The summed E-state index contributed by atoms with van der Waals surface area (Å²) < 4.78 is 16.4. The molecule has 0 aliphatic carbocycles. The second-order valence-corrected chi connectivity index (χ2v) is 4.06. The molecule has 4 nitrogen and oxygen atoms in total. The van der Waals surface area contributed by atoms with Gasteiger partial charge in [0.1, 0.15) is 18.5 Å². The maximum Gasteiger partial charge on any atom is 0.188 e. The van der Waals surface area contributed by atoms with Gasteiger partial charge in [-0.3, -0.25) is 0 Å². The number of ether oxygens (including phenoxy) is 3. The molecular formula is C9H14O4. The molecule has 2 rings (SSSR count). The Bertz CT molecular complexity index is 226. The van der Waals surface area contributed by atoms with Crippen LogP contribution in [0.15, 0.2) is 0 Å². The summed E-state index contributed by atoms with van der Waals surface area (Å²) in [5.74, 6) is -0.512. The molecule has 4 heteroatoms. The Kier molecular flexibility index (Phi) is 1.94. The molecule has 2 aliphatic rings. The number of carbonyl (C=O) groups excluding carboxylic acids is 1. The first-order valence-electron chi connectivity index (χ1n) is 4.50. The third kappa shape index (κ3) is 1.39. The van der Waals surface area contributed by atoms with Gasteiger partial charge in [0.05, 0.1) is 0 Å². The van der Waals surface area contributed by atoms with E-state index in [1.807, 2.05) is 20.8 Å². The standard InChI is InChI=1S/C9H14O4/c1-5-6(4-10)11-8-7(5)12-9(2,3)13-8/h4-8H,1-3H3/t5-,6-,7+,8+/m1/s1. The molecule has 0 bridgehead atoms. The van der Waals surface area contributed by atoms with Gasteiger partial charge >= 0.3 is 0 Å². The summed E-state index contributed by atoms with van der Waals surface area (Å²) in [6.07, 6.45) is -0.0561. The zero-order valence-electron chi connectivity index (χ0n) is 8.02. The second-order valence-electron chi connectivity index (χ2n) is 4.06. The van der Waals surface area contributed by atoms with Crippen LogP contribution in [0.2, 0.25) is 0 Å². The van der Waals surface area contributed by atoms with Gasteiger partial charge in [0, 0.05) is 5.92 Å². The number of hydrogen-bond acceptors (Lipinski definition) is 4. The fraction of sp³-hybridized carbons (Fsp3) is 0.889. The lowest BCUT2D eigenvalue weighted by Crippen LogP contribution is -2.29. The van der Waals surface area contributed by atoms with E-state index in [9.17, 15) is 4.79 Å². The Morgan fingerprint density at radius 1 is 1.31 bits per heavy atom. The third-order valence-electron chi connectivity index (χ3n) is 2.55. The van der Waals surface area contributed by atoms with Crippen molar-refractivity contribution in [3.63, 3.8) is 0 Å². The van der Waals surface area contributed by atoms with Crippen LogP contribution in [0.5, 0.6) is 0 Å². The zero-order valence-corrected chi connectivity index (χ0v) is 8.02. The number of fused-ring (bicyclic) bond motifs is 1. The molecule has 0 spiro atoms. The first-order valence-corrected chi connectivity index (χ1v) is 4.50. The number of aldehydes is 1. The highest BCUT2D eigenvalue weighted by atomic mass is 16.8. The van der Waals surface area contributed by atoms with E-state index in [1.54, 1.807) is 0 Å². The van der Waals surface area contributed by atoms with E-state index in [4.69, 9.17) is 14.2 Å². The number of hydrogen-bond donors (Lipinski definition) is 0. The monoisotopic (exact) mass is 186 g/mol. The minimum Gasteiger partial charge on any atom is -0.341 e. The molecule has 2 aliphatic heterocycles. The summed E-state index contributed by atoms with van der Waals surface area (Å²) in [5, 5.41) is 0. The van der Waals surface area contributed by atoms with Crippen molar-refractivity contribution in [2.24, 2.45) is 5.92 Å². The molecule has 2 heterocycles. The molecule has 4 atom stereocenters. The molecule has 0 N–H and O–H groups in total. The largest absolute Gasteiger partial charge is 0.341 e. The predicted molar refractivity (Wildman–Crippen MR) is 43.9 cm³/mol. The SMILES string of the molecule is C[C@H]1[C@@H]2OC(C)(C)O[C@@H]2O[C@@H]1C=O. The predicted octanol–water partition coefficient (Wildman–Crippen LogP) is 0.698. The molecule has 0 amide bonds. The molecule has 74 valence electrons. The quantitative estimate of drug-likeness (QED) is 0.565. The average Bonchev–Trinajstić information content (AvgIpc) is 2.47. The van der Waals surface area contributed by atoms with Crippen molar-refractivity contribution in [3.05, 3.63) is 0 Å². The van der Waals surface area contributed by atoms with Crippen molar-refractivity contribution in [1.29, 1.82) is 0 Å². The first-order chi connectivity index (χ1) is 6.03. The van der Waals surface area contributed by atoms with E-state index in [0.29, 0.717) is 0 Å². The first kappa shape index (κ1) is 9.12. The van der Waals surface area contributed by atoms with Gasteiger partial charge in [-0.15, -0.1) is 0 Å². The minimum atomic E-state index is -0.586. The Hall–Kier alpha value is -0.450. The summed E-state index contributed by atoms with van der Waals surface area (Å²) in [6.45, 7) is 5.63. The van der Waals surface area contributed by atoms with Crippen molar-refractivity contribution < 1.29 is 19.0 Å². The maximum absolute atomic E-state index is 10.6. The molecule has 0 aromatic heterocycles. The van der Waals surface area contributed by atoms with Crippen molar-refractivity contribution in [2.75, 3.05) is 0 Å². The van der Waals surface area contributed by atoms with E-state index in [2.05, 4.69) is 0 Å². The average molecular weight is 186 g/mol. The Morgan fingerprint density at radius 2 is 2.00 bits per heavy atom. The molecule has 0 saturated carbocycles. The Labute approximate surface area is 77.1 Å². The van der Waals surface area contributed by atoms with Gasteiger partial charge in [-0.05, 0) is 13.8 Å². The van der Waals surface area contributed by atoms with Crippen LogP contribution in [0.1, 0.15) is 20.8 Å². The van der Waals surface area contributed by atoms with E-state index < -0.39 is 5.79 Å². The lowest BCUT2D eigenvalue weighted by Gasteiger charge is -2.21. The van der Waals surface area contributed by atoms with Crippen LogP contribution >= 0.6 is 0 Å². The number of rotatable bonds is 1. The molecule has 0 aromatic rings. The number of carbonyl (C=O) groups is 1. The molecule has 0 radical (unpaired) electrons. The highest BCUT2D eigenvalue weighted by Crippen LogP contribution is 2.39. The van der Waals surface area contributed by atoms with Gasteiger partial charge in [0.2, 0.25) is 0 Å². The Morgan fingerprint density at radius 3 is 2.54 bits per heavy atom. The second kappa shape index (κ2) is 2.77. The molecule has 2 saturated heterocycles. The van der Waals surface area contributed by atoms with E-state index in [-0.39, 0.29) is 24.4 Å². The maximum atomic E-state index is 10.6. The van der Waals surface area contributed by atoms with Crippen LogP contribution in [-0.2, 0) is 19.0 Å². The van der Waals surface area contributed by atoms with Gasteiger partial charge in [-0.25, -0.2) is 0 Å². The normalized spacial score (nSPS) is 47.6. The van der Waals surface area contributed by atoms with E-state index in [1.165, 1.54) is 0 Å². The summed E-state index contributed by atoms with van der Waals surface area (Å²) in [7, 11) is 0. The van der Waals surface area contributed by atoms with Crippen LogP contribution < -0.4 is 0 Å². The summed E-state index contributed by atoms with van der Waals surface area (Å²) in [4.78, 5) is 10.6. The van der Waals surface area contributed by atoms with Gasteiger partial charge in [0.15, 0.2) is 12.1 Å². The minimum absolute atomic E-state index is 0.0734. The fourth-order valence-corrected chi connectivity index (χ4v) is 1.84. The van der Waals surface area contributed by atoms with Crippen LogP contribution in [-0.4, -0.2) is 30.6 Å². The van der Waals surface area contributed by atoms with Crippen LogP contribution in [0.25, 0.3) is 0 Å². The smallest absolute Gasteiger partial charge is 0.188 e. The van der Waals surface area contributed by atoms with Gasteiger partial charge in [0.25, 0.3) is 0 Å². The van der Waals surface area contributed by atoms with E-state index in [0.717, 1.165) is 6.29 Å². The van der Waals surface area contributed by atoms with Crippen molar-refractivity contribution in [2.45, 2.75) is 45.1 Å². The van der Waals surface area contributed by atoms with Crippen molar-refractivity contribution in [3.8, 4) is 0 Å². The molecule has 0 aromatic carbocycles. The highest BCUT2D eigenvalue weighted by molar-refractivity contribution is 5.57. The zero-order chi connectivity index (χ0) is 9.64. The molecule has 0 unspecified atom stereocenters. The highest BCUT2D eigenvalue weighted by Gasteiger charge is 2.52. The van der Waals surface area contributed by atoms with Gasteiger partial charge in [-0.2, -0.15) is 0 Å². The third-order valence-corrected chi connectivity index (χ3v) is 2.55. The summed E-state index contributed by atoms with van der Waals surface area (Å²) in [6, 6.07) is 0. The lowest BCUT2D eigenvalue weighted by atomic mass is 10.0. The van der Waals surface area contributed by atoms with Crippen molar-refractivity contribution >= 4 is 6.29 Å². The Balaban J connectivity index is 2.11. The molecule has 13 heavy (non-hydrogen) atoms. The van der Waals surface area contributed by atoms with E-state index >= 15 is 0 Å². The summed E-state index contributed by atoms with van der Waals surface area (Å²) >= 11 is 0. The van der Waals surface area contributed by atoms with Crippen LogP contribution in [0.4, 0.5) is 0 Å². The van der Waals surface area contributed by atoms with Crippen molar-refractivity contribution in [1.82, 2.24) is 0 Å². The summed E-state index contributed by atoms with van der Waals surface area (Å²) in [5.41, 5.74) is 0. The molecular weight excluding hydrogens is 172 g/mol. The van der Waals surface area contributed by atoms with Gasteiger partial charge in [-0.1, -0.05) is 6.92 Å². The van der Waals surface area contributed by atoms with Crippen LogP contribution in [0.3, 0.4) is 0 Å². The van der Waals surface area contributed by atoms with Crippen LogP contribution in [0, 0.1) is 5.92 Å². The lowest BCUT2D eigenvalue weighted by molar-refractivity contribution is -0.207.